The maximum Gasteiger partial charge on any atom is 0.232 e. The number of carbonyl (C=O) groups excluding carboxylic acids is 1. The minimum atomic E-state index is -3.56. The second-order valence-electron chi connectivity index (χ2n) is 5.00. The number of carbonyl (C=O) groups is 1. The first-order chi connectivity index (χ1) is 8.78. The van der Waals surface area contributed by atoms with Gasteiger partial charge in [-0.1, -0.05) is 12.1 Å². The number of anilines is 1. The summed E-state index contributed by atoms with van der Waals surface area (Å²) in [6.07, 6.45) is 0.235. The van der Waals surface area contributed by atoms with Gasteiger partial charge in [0.25, 0.3) is 0 Å². The fourth-order valence-electron chi connectivity index (χ4n) is 2.44. The van der Waals surface area contributed by atoms with Crippen LogP contribution in [-0.2, 0) is 13.8 Å². The van der Waals surface area contributed by atoms with Crippen LogP contribution in [0.3, 0.4) is 0 Å². The highest BCUT2D eigenvalue weighted by atomic mass is 35.7. The summed E-state index contributed by atoms with van der Waals surface area (Å²) in [5.74, 6) is -0.421. The van der Waals surface area contributed by atoms with Gasteiger partial charge in [-0.2, -0.15) is 0 Å². The van der Waals surface area contributed by atoms with Crippen LogP contribution in [0.5, 0.6) is 0 Å². The lowest BCUT2D eigenvalue weighted by Gasteiger charge is -2.20. The molecule has 6 heteroatoms. The van der Waals surface area contributed by atoms with Gasteiger partial charge in [-0.05, 0) is 31.0 Å². The third kappa shape index (κ3) is 3.28. The summed E-state index contributed by atoms with van der Waals surface area (Å²) in [6, 6.07) is 5.77. The first-order valence-corrected chi connectivity index (χ1v) is 8.54. The lowest BCUT2D eigenvalue weighted by molar-refractivity contribution is -0.117. The summed E-state index contributed by atoms with van der Waals surface area (Å²) in [4.78, 5) is 13.7. The summed E-state index contributed by atoms with van der Waals surface area (Å²) in [5.41, 5.74) is 3.02. The second-order valence-corrected chi connectivity index (χ2v) is 7.82. The van der Waals surface area contributed by atoms with E-state index in [0.29, 0.717) is 6.54 Å². The van der Waals surface area contributed by atoms with E-state index in [9.17, 15) is 13.2 Å². The largest absolute Gasteiger partial charge is 0.312 e. The van der Waals surface area contributed by atoms with Crippen molar-refractivity contribution >= 4 is 31.3 Å². The molecule has 1 unspecified atom stereocenters. The molecule has 2 rings (SSSR count). The van der Waals surface area contributed by atoms with Crippen LogP contribution in [0.15, 0.2) is 18.2 Å². The van der Waals surface area contributed by atoms with Crippen LogP contribution >= 0.6 is 10.7 Å². The van der Waals surface area contributed by atoms with Crippen molar-refractivity contribution in [2.45, 2.75) is 20.3 Å². The summed E-state index contributed by atoms with van der Waals surface area (Å²) < 4.78 is 22.2. The molecule has 1 aromatic carbocycles. The number of halogens is 1. The Labute approximate surface area is 117 Å². The van der Waals surface area contributed by atoms with Gasteiger partial charge < -0.3 is 4.90 Å². The monoisotopic (exact) mass is 301 g/mol. The average Bonchev–Trinajstić information content (AvgIpc) is 2.61. The smallest absolute Gasteiger partial charge is 0.232 e. The molecule has 0 spiro atoms. The Kier molecular flexibility index (Phi) is 3.87. The van der Waals surface area contributed by atoms with E-state index in [0.717, 1.165) is 16.8 Å². The van der Waals surface area contributed by atoms with Crippen LogP contribution in [0.4, 0.5) is 5.69 Å². The van der Waals surface area contributed by atoms with Gasteiger partial charge >= 0.3 is 0 Å². The Morgan fingerprint density at radius 2 is 2.05 bits per heavy atom. The lowest BCUT2D eigenvalue weighted by Crippen LogP contribution is -2.26. The fraction of sp³-hybridized carbons (Fsp3) is 0.462. The zero-order valence-corrected chi connectivity index (χ0v) is 12.5. The van der Waals surface area contributed by atoms with Crippen molar-refractivity contribution in [1.29, 1.82) is 0 Å². The molecule has 19 heavy (non-hydrogen) atoms. The van der Waals surface area contributed by atoms with Gasteiger partial charge in [0.05, 0.1) is 5.75 Å². The number of nitrogens with zero attached hydrogens (tertiary/aromatic N) is 1. The number of rotatable bonds is 3. The summed E-state index contributed by atoms with van der Waals surface area (Å²) in [6.45, 7) is 4.36. The van der Waals surface area contributed by atoms with E-state index < -0.39 is 9.05 Å². The molecule has 104 valence electrons. The molecule has 1 aliphatic heterocycles. The summed E-state index contributed by atoms with van der Waals surface area (Å²) in [5, 5.41) is 0. The SMILES string of the molecule is Cc1cccc(N2CC(CS(=O)(=O)Cl)CC2=O)c1C. The molecule has 1 amide bonds. The third-order valence-corrected chi connectivity index (χ3v) is 4.75. The molecular weight excluding hydrogens is 286 g/mol. The molecule has 0 aliphatic carbocycles. The van der Waals surface area contributed by atoms with E-state index in [-0.39, 0.29) is 24.0 Å². The molecule has 1 aromatic rings. The van der Waals surface area contributed by atoms with E-state index >= 15 is 0 Å². The van der Waals surface area contributed by atoms with Crippen molar-refractivity contribution in [3.05, 3.63) is 29.3 Å². The maximum absolute atomic E-state index is 12.0. The minimum absolute atomic E-state index is 0.0426. The maximum atomic E-state index is 12.0. The predicted octanol–water partition coefficient (Wildman–Crippen LogP) is 2.22. The summed E-state index contributed by atoms with van der Waals surface area (Å²) >= 11 is 0. The number of aryl methyl sites for hydroxylation is 1. The van der Waals surface area contributed by atoms with Gasteiger partial charge in [-0.3, -0.25) is 4.79 Å². The zero-order valence-electron chi connectivity index (χ0n) is 10.9. The molecule has 1 fully saturated rings. The number of hydrogen-bond acceptors (Lipinski definition) is 3. The van der Waals surface area contributed by atoms with E-state index in [1.165, 1.54) is 0 Å². The molecule has 0 radical (unpaired) electrons. The third-order valence-electron chi connectivity index (χ3n) is 3.51. The Morgan fingerprint density at radius 3 is 2.68 bits per heavy atom. The number of amides is 1. The fourth-order valence-corrected chi connectivity index (χ4v) is 3.76. The molecule has 0 N–H and O–H groups in total. The Bertz CT molecular complexity index is 612. The predicted molar refractivity (Wildman–Crippen MR) is 76.0 cm³/mol. The van der Waals surface area contributed by atoms with Crippen molar-refractivity contribution in [1.82, 2.24) is 0 Å². The van der Waals surface area contributed by atoms with Crippen molar-refractivity contribution in [2.75, 3.05) is 17.2 Å². The highest BCUT2D eigenvalue weighted by molar-refractivity contribution is 8.13. The van der Waals surface area contributed by atoms with E-state index in [2.05, 4.69) is 0 Å². The first kappa shape index (κ1) is 14.3. The van der Waals surface area contributed by atoms with Gasteiger partial charge in [-0.15, -0.1) is 0 Å². The Balaban J connectivity index is 2.23. The van der Waals surface area contributed by atoms with Crippen LogP contribution in [-0.4, -0.2) is 26.6 Å². The van der Waals surface area contributed by atoms with Gasteiger partial charge in [0, 0.05) is 35.3 Å². The Morgan fingerprint density at radius 1 is 1.37 bits per heavy atom. The van der Waals surface area contributed by atoms with Gasteiger partial charge in [-0.25, -0.2) is 8.42 Å². The highest BCUT2D eigenvalue weighted by Gasteiger charge is 2.33. The highest BCUT2D eigenvalue weighted by Crippen LogP contribution is 2.30. The van der Waals surface area contributed by atoms with E-state index in [1.807, 2.05) is 32.0 Å². The summed E-state index contributed by atoms with van der Waals surface area (Å²) in [7, 11) is 1.69. The normalized spacial score (nSPS) is 20.1. The van der Waals surface area contributed by atoms with E-state index in [4.69, 9.17) is 10.7 Å². The van der Waals surface area contributed by atoms with Crippen LogP contribution < -0.4 is 4.90 Å². The molecule has 4 nitrogen and oxygen atoms in total. The van der Waals surface area contributed by atoms with Crippen LogP contribution in [0.2, 0.25) is 0 Å². The van der Waals surface area contributed by atoms with Gasteiger partial charge in [0.15, 0.2) is 0 Å². The van der Waals surface area contributed by atoms with Crippen LogP contribution in [0, 0.1) is 19.8 Å². The lowest BCUT2D eigenvalue weighted by atomic mass is 10.1. The molecule has 0 aromatic heterocycles. The molecule has 0 saturated carbocycles. The molecule has 1 atom stereocenters. The number of hydrogen-bond donors (Lipinski definition) is 0. The zero-order chi connectivity index (χ0) is 14.2. The number of benzene rings is 1. The van der Waals surface area contributed by atoms with Crippen molar-refractivity contribution in [2.24, 2.45) is 5.92 Å². The van der Waals surface area contributed by atoms with Gasteiger partial charge in [0.1, 0.15) is 0 Å². The van der Waals surface area contributed by atoms with Crippen molar-refractivity contribution < 1.29 is 13.2 Å². The Hall–Kier alpha value is -1.07. The van der Waals surface area contributed by atoms with Crippen molar-refractivity contribution in [3.63, 3.8) is 0 Å². The van der Waals surface area contributed by atoms with Gasteiger partial charge in [0.2, 0.25) is 15.0 Å². The average molecular weight is 302 g/mol. The van der Waals surface area contributed by atoms with Crippen LogP contribution in [0.25, 0.3) is 0 Å². The molecular formula is C13H16ClNO3S. The van der Waals surface area contributed by atoms with E-state index in [1.54, 1.807) is 4.90 Å². The molecule has 1 saturated heterocycles. The first-order valence-electron chi connectivity index (χ1n) is 6.07. The van der Waals surface area contributed by atoms with Crippen LogP contribution in [0.1, 0.15) is 17.5 Å². The minimum Gasteiger partial charge on any atom is -0.312 e. The topological polar surface area (TPSA) is 54.5 Å². The van der Waals surface area contributed by atoms with Crippen molar-refractivity contribution in [3.8, 4) is 0 Å². The molecule has 1 heterocycles. The molecule has 0 bridgehead atoms. The second kappa shape index (κ2) is 5.13. The molecule has 1 aliphatic rings. The quantitative estimate of drug-likeness (QED) is 0.805. The standard InChI is InChI=1S/C13H16ClNO3S/c1-9-4-3-5-12(10(9)2)15-7-11(6-13(15)16)8-19(14,17)18/h3-5,11H,6-8H2,1-2H3.